The number of phenols is 1. The highest BCUT2D eigenvalue weighted by Gasteiger charge is 2.16. The molecule has 0 aliphatic carbocycles. The number of aromatic nitrogens is 2. The van der Waals surface area contributed by atoms with Gasteiger partial charge in [0.25, 0.3) is 0 Å². The van der Waals surface area contributed by atoms with Crippen LogP contribution in [0.5, 0.6) is 5.75 Å². The molecule has 2 aromatic carbocycles. The van der Waals surface area contributed by atoms with Gasteiger partial charge in [-0.1, -0.05) is 15.9 Å². The first kappa shape index (κ1) is 14.8. The van der Waals surface area contributed by atoms with Gasteiger partial charge in [0.05, 0.1) is 14.6 Å². The largest absolute Gasteiger partial charge is 0.507 e. The average Bonchev–Trinajstić information content (AvgIpc) is 2.80. The Balaban J connectivity index is 2.30. The summed E-state index contributed by atoms with van der Waals surface area (Å²) in [7, 11) is 0. The Morgan fingerprint density at radius 2 is 1.95 bits per heavy atom. The minimum absolute atomic E-state index is 0.285. The molecule has 0 fully saturated rings. The van der Waals surface area contributed by atoms with Crippen molar-refractivity contribution in [3.8, 4) is 17.1 Å². The number of imidazole rings is 1. The molecule has 1 aromatic heterocycles. The lowest BCUT2D eigenvalue weighted by Crippen LogP contribution is -2.03. The van der Waals surface area contributed by atoms with E-state index in [9.17, 15) is 5.11 Å². The fraction of sp³-hybridized carbons (Fsp3) is 0.188. The minimum atomic E-state index is 0.285. The molecule has 0 bridgehead atoms. The van der Waals surface area contributed by atoms with Crippen LogP contribution in [0.2, 0.25) is 0 Å². The fourth-order valence-corrected chi connectivity index (χ4v) is 3.13. The summed E-state index contributed by atoms with van der Waals surface area (Å²) in [6, 6.07) is 12.1. The third kappa shape index (κ3) is 2.68. The van der Waals surface area contributed by atoms with Gasteiger partial charge in [0.15, 0.2) is 0 Å². The Morgan fingerprint density at radius 3 is 2.62 bits per heavy atom. The maximum Gasteiger partial charge on any atom is 0.141 e. The highest BCUT2D eigenvalue weighted by atomic mass is 127. The summed E-state index contributed by atoms with van der Waals surface area (Å²) in [6.45, 7) is 4.28. The van der Waals surface area contributed by atoms with Gasteiger partial charge in [-0.3, -0.25) is 0 Å². The van der Waals surface area contributed by atoms with E-state index in [-0.39, 0.29) is 11.8 Å². The molecule has 0 radical (unpaired) electrons. The van der Waals surface area contributed by atoms with E-state index in [4.69, 9.17) is 4.98 Å². The molecule has 0 aliphatic rings. The molecule has 0 saturated heterocycles. The van der Waals surface area contributed by atoms with Crippen LogP contribution in [0.1, 0.15) is 19.9 Å². The molecule has 0 saturated carbocycles. The van der Waals surface area contributed by atoms with Crippen molar-refractivity contribution in [2.45, 2.75) is 19.9 Å². The molecule has 108 valence electrons. The first-order valence-corrected chi connectivity index (χ1v) is 8.51. The summed E-state index contributed by atoms with van der Waals surface area (Å²) in [6.07, 6.45) is 0. The number of hydrogen-bond donors (Lipinski definition) is 1. The summed E-state index contributed by atoms with van der Waals surface area (Å²) < 4.78 is 4.05. The van der Waals surface area contributed by atoms with E-state index in [1.54, 1.807) is 6.07 Å². The summed E-state index contributed by atoms with van der Waals surface area (Å²) in [5, 5.41) is 9.96. The quantitative estimate of drug-likeness (QED) is 0.527. The number of fused-ring (bicyclic) bond motifs is 1. The van der Waals surface area contributed by atoms with E-state index in [1.165, 1.54) is 0 Å². The lowest BCUT2D eigenvalue weighted by molar-refractivity contribution is 0.471. The van der Waals surface area contributed by atoms with E-state index in [0.29, 0.717) is 0 Å². The van der Waals surface area contributed by atoms with Gasteiger partial charge in [0.2, 0.25) is 0 Å². The molecular weight excluding hydrogens is 443 g/mol. The highest BCUT2D eigenvalue weighted by molar-refractivity contribution is 14.1. The maximum atomic E-state index is 9.96. The van der Waals surface area contributed by atoms with Crippen LogP contribution in [0.3, 0.4) is 0 Å². The van der Waals surface area contributed by atoms with Gasteiger partial charge in [-0.25, -0.2) is 4.98 Å². The molecule has 3 rings (SSSR count). The second kappa shape index (κ2) is 5.61. The molecule has 0 spiro atoms. The van der Waals surface area contributed by atoms with E-state index in [0.717, 1.165) is 30.5 Å². The van der Waals surface area contributed by atoms with Gasteiger partial charge in [-0.15, -0.1) is 0 Å². The second-order valence-electron chi connectivity index (χ2n) is 5.20. The van der Waals surface area contributed by atoms with Crippen molar-refractivity contribution in [3.05, 3.63) is 44.4 Å². The summed E-state index contributed by atoms with van der Waals surface area (Å²) in [5.74, 6) is 1.17. The number of hydrogen-bond acceptors (Lipinski definition) is 2. The Hall–Kier alpha value is -1.08. The van der Waals surface area contributed by atoms with Gasteiger partial charge in [0, 0.05) is 16.1 Å². The molecule has 3 nitrogen and oxygen atoms in total. The van der Waals surface area contributed by atoms with Crippen LogP contribution < -0.4 is 0 Å². The van der Waals surface area contributed by atoms with Crippen molar-refractivity contribution in [2.75, 3.05) is 0 Å². The number of nitrogens with zero attached hydrogens (tertiary/aromatic N) is 2. The van der Waals surface area contributed by atoms with Crippen molar-refractivity contribution in [1.29, 1.82) is 0 Å². The Kier molecular flexibility index (Phi) is 3.96. The van der Waals surface area contributed by atoms with E-state index >= 15 is 0 Å². The molecule has 1 N–H and O–H groups in total. The van der Waals surface area contributed by atoms with Crippen LogP contribution in [0.15, 0.2) is 40.9 Å². The zero-order valence-corrected chi connectivity index (χ0v) is 15.4. The molecular formula is C16H14BrIN2O. The summed E-state index contributed by atoms with van der Waals surface area (Å²) in [5.41, 5.74) is 2.97. The molecule has 0 amide bonds. The Bertz CT molecular complexity index is 827. The van der Waals surface area contributed by atoms with Crippen molar-refractivity contribution < 1.29 is 5.11 Å². The summed E-state index contributed by atoms with van der Waals surface area (Å²) >= 11 is 5.61. The third-order valence-electron chi connectivity index (χ3n) is 3.37. The third-order valence-corrected chi connectivity index (χ3v) is 4.78. The van der Waals surface area contributed by atoms with E-state index in [2.05, 4.69) is 63.0 Å². The van der Waals surface area contributed by atoms with E-state index < -0.39 is 0 Å². The predicted molar refractivity (Wildman–Crippen MR) is 97.6 cm³/mol. The van der Waals surface area contributed by atoms with Gasteiger partial charge in [-0.05, 0) is 72.8 Å². The van der Waals surface area contributed by atoms with Crippen LogP contribution in [-0.2, 0) is 0 Å². The molecule has 5 heteroatoms. The van der Waals surface area contributed by atoms with Gasteiger partial charge < -0.3 is 9.67 Å². The van der Waals surface area contributed by atoms with Crippen LogP contribution >= 0.6 is 38.5 Å². The number of rotatable bonds is 2. The molecule has 1 heterocycles. The monoisotopic (exact) mass is 456 g/mol. The lowest BCUT2D eigenvalue weighted by Gasteiger charge is -2.13. The zero-order chi connectivity index (χ0) is 15.1. The Morgan fingerprint density at radius 1 is 1.19 bits per heavy atom. The van der Waals surface area contributed by atoms with Crippen molar-refractivity contribution in [1.82, 2.24) is 9.55 Å². The number of phenolic OH excluding ortho intramolecular Hbond substituents is 1. The van der Waals surface area contributed by atoms with Crippen LogP contribution in [-0.4, -0.2) is 14.7 Å². The molecule has 0 atom stereocenters. The normalized spacial score (nSPS) is 11.5. The van der Waals surface area contributed by atoms with Crippen molar-refractivity contribution in [2.24, 2.45) is 0 Å². The average molecular weight is 457 g/mol. The first-order valence-electron chi connectivity index (χ1n) is 6.63. The molecule has 0 unspecified atom stereocenters. The summed E-state index contributed by atoms with van der Waals surface area (Å²) in [4.78, 5) is 4.76. The van der Waals surface area contributed by atoms with Gasteiger partial charge in [0.1, 0.15) is 11.6 Å². The smallest absolute Gasteiger partial charge is 0.141 e. The maximum absolute atomic E-state index is 9.96. The lowest BCUT2D eigenvalue weighted by atomic mass is 10.2. The number of benzene rings is 2. The Labute approximate surface area is 145 Å². The van der Waals surface area contributed by atoms with Crippen LogP contribution in [0, 0.1) is 3.57 Å². The molecule has 3 aromatic rings. The SMILES string of the molecule is CC(C)n1c(-c2ccc(I)c(O)c2)nc2cc(Br)ccc21. The van der Waals surface area contributed by atoms with Crippen molar-refractivity contribution >= 4 is 49.6 Å². The highest BCUT2D eigenvalue weighted by Crippen LogP contribution is 2.32. The molecule has 21 heavy (non-hydrogen) atoms. The van der Waals surface area contributed by atoms with Crippen LogP contribution in [0.4, 0.5) is 0 Å². The first-order chi connectivity index (χ1) is 9.97. The van der Waals surface area contributed by atoms with Crippen molar-refractivity contribution in [3.63, 3.8) is 0 Å². The number of aromatic hydroxyl groups is 1. The predicted octanol–water partition coefficient (Wildman–Crippen LogP) is 5.36. The fourth-order valence-electron chi connectivity index (χ4n) is 2.45. The topological polar surface area (TPSA) is 38.0 Å². The van der Waals surface area contributed by atoms with E-state index in [1.807, 2.05) is 24.3 Å². The standard InChI is InChI=1S/C16H14BrIN2O/c1-9(2)20-14-6-4-11(17)8-13(14)19-16(20)10-3-5-12(18)15(21)7-10/h3-9,21H,1-2H3. The zero-order valence-electron chi connectivity index (χ0n) is 11.6. The molecule has 0 aliphatic heterocycles. The second-order valence-corrected chi connectivity index (χ2v) is 7.28. The van der Waals surface area contributed by atoms with Crippen LogP contribution in [0.25, 0.3) is 22.4 Å². The number of halogens is 2. The van der Waals surface area contributed by atoms with Gasteiger partial charge >= 0.3 is 0 Å². The van der Waals surface area contributed by atoms with Gasteiger partial charge in [-0.2, -0.15) is 0 Å². The minimum Gasteiger partial charge on any atom is -0.507 e.